The van der Waals surface area contributed by atoms with Gasteiger partial charge in [0.2, 0.25) is 11.2 Å². The Morgan fingerprint density at radius 1 is 1.19 bits per heavy atom. The maximum absolute atomic E-state index is 5.97. The number of anilines is 1. The zero-order valence-electron chi connectivity index (χ0n) is 11.0. The molecule has 1 aliphatic heterocycles. The SMILES string of the molecule is Clc1nc(Oc2cccc(I)c2)nc(N2CCOCC2)n1. The zero-order chi connectivity index (χ0) is 14.7. The third kappa shape index (κ3) is 3.92. The molecule has 0 N–H and O–H groups in total. The van der Waals surface area contributed by atoms with E-state index in [1.165, 1.54) is 0 Å². The quantitative estimate of drug-likeness (QED) is 0.715. The first-order valence-corrected chi connectivity index (χ1v) is 7.84. The van der Waals surface area contributed by atoms with Crippen LogP contribution >= 0.6 is 34.2 Å². The minimum absolute atomic E-state index is 0.118. The standard InChI is InChI=1S/C13H12ClIN4O2/c14-11-16-12(19-4-6-20-7-5-19)18-13(17-11)21-10-3-1-2-9(15)8-10/h1-3,8H,4-7H2. The number of aromatic nitrogens is 3. The number of benzene rings is 1. The molecule has 0 atom stereocenters. The van der Waals surface area contributed by atoms with E-state index in [1.54, 1.807) is 0 Å². The van der Waals surface area contributed by atoms with Crippen molar-refractivity contribution in [3.63, 3.8) is 0 Å². The van der Waals surface area contributed by atoms with Crippen LogP contribution in [0.2, 0.25) is 5.28 Å². The van der Waals surface area contributed by atoms with Crippen molar-refractivity contribution < 1.29 is 9.47 Å². The van der Waals surface area contributed by atoms with Crippen LogP contribution in [0.25, 0.3) is 0 Å². The van der Waals surface area contributed by atoms with E-state index in [0.29, 0.717) is 24.9 Å². The van der Waals surface area contributed by atoms with Gasteiger partial charge in [0, 0.05) is 16.7 Å². The molecule has 1 aliphatic rings. The summed E-state index contributed by atoms with van der Waals surface area (Å²) in [4.78, 5) is 14.5. The van der Waals surface area contributed by atoms with E-state index in [1.807, 2.05) is 29.2 Å². The molecule has 0 unspecified atom stereocenters. The number of hydrogen-bond donors (Lipinski definition) is 0. The highest BCUT2D eigenvalue weighted by atomic mass is 127. The second-order valence-corrected chi connectivity index (χ2v) is 5.93. The summed E-state index contributed by atoms with van der Waals surface area (Å²) in [5.74, 6) is 1.18. The van der Waals surface area contributed by atoms with Crippen molar-refractivity contribution >= 4 is 40.1 Å². The molecule has 6 nitrogen and oxygen atoms in total. The van der Waals surface area contributed by atoms with Crippen molar-refractivity contribution in [2.24, 2.45) is 0 Å². The van der Waals surface area contributed by atoms with Crippen LogP contribution in [0, 0.1) is 3.57 Å². The monoisotopic (exact) mass is 418 g/mol. The molecular formula is C13H12ClIN4O2. The van der Waals surface area contributed by atoms with Crippen LogP contribution in [0.4, 0.5) is 5.95 Å². The van der Waals surface area contributed by atoms with Crippen LogP contribution in [-0.2, 0) is 4.74 Å². The summed E-state index contributed by atoms with van der Waals surface area (Å²) in [6.07, 6.45) is 0. The Hall–Kier alpha value is -1.19. The fourth-order valence-corrected chi connectivity index (χ4v) is 2.57. The molecule has 0 radical (unpaired) electrons. The summed E-state index contributed by atoms with van der Waals surface area (Å²) in [5.41, 5.74) is 0. The summed E-state index contributed by atoms with van der Waals surface area (Å²) in [6.45, 7) is 2.75. The maximum atomic E-state index is 5.97. The number of nitrogens with zero attached hydrogens (tertiary/aromatic N) is 4. The number of morpholine rings is 1. The van der Waals surface area contributed by atoms with E-state index in [2.05, 4.69) is 37.5 Å². The molecule has 0 aliphatic carbocycles. The van der Waals surface area contributed by atoms with Gasteiger partial charge in [0.05, 0.1) is 13.2 Å². The Labute approximate surface area is 140 Å². The molecule has 110 valence electrons. The van der Waals surface area contributed by atoms with E-state index < -0.39 is 0 Å². The van der Waals surface area contributed by atoms with Gasteiger partial charge in [0.1, 0.15) is 5.75 Å². The Morgan fingerprint density at radius 3 is 2.76 bits per heavy atom. The van der Waals surface area contributed by atoms with Crippen LogP contribution in [-0.4, -0.2) is 41.3 Å². The predicted octanol–water partition coefficient (Wildman–Crippen LogP) is 2.76. The van der Waals surface area contributed by atoms with E-state index >= 15 is 0 Å². The minimum atomic E-state index is 0.118. The van der Waals surface area contributed by atoms with Gasteiger partial charge in [-0.2, -0.15) is 15.0 Å². The Morgan fingerprint density at radius 2 is 2.00 bits per heavy atom. The van der Waals surface area contributed by atoms with Crippen LogP contribution < -0.4 is 9.64 Å². The predicted molar refractivity (Wildman–Crippen MR) is 87.1 cm³/mol. The van der Waals surface area contributed by atoms with E-state index in [-0.39, 0.29) is 11.3 Å². The van der Waals surface area contributed by atoms with Gasteiger partial charge in [-0.1, -0.05) is 6.07 Å². The number of rotatable bonds is 3. The third-order valence-corrected chi connectivity index (χ3v) is 3.71. The van der Waals surface area contributed by atoms with E-state index in [4.69, 9.17) is 21.1 Å². The first kappa shape index (κ1) is 14.7. The number of hydrogen-bond acceptors (Lipinski definition) is 6. The fraction of sp³-hybridized carbons (Fsp3) is 0.308. The van der Waals surface area contributed by atoms with Crippen molar-refractivity contribution in [3.8, 4) is 11.8 Å². The van der Waals surface area contributed by atoms with Crippen molar-refractivity contribution in [2.45, 2.75) is 0 Å². The van der Waals surface area contributed by atoms with Crippen LogP contribution in [0.15, 0.2) is 24.3 Å². The molecule has 0 spiro atoms. The van der Waals surface area contributed by atoms with Crippen molar-refractivity contribution in [1.29, 1.82) is 0 Å². The third-order valence-electron chi connectivity index (χ3n) is 2.87. The first-order valence-electron chi connectivity index (χ1n) is 6.38. The molecule has 21 heavy (non-hydrogen) atoms. The maximum Gasteiger partial charge on any atom is 0.328 e. The summed E-state index contributed by atoms with van der Waals surface area (Å²) >= 11 is 8.18. The van der Waals surface area contributed by atoms with Crippen LogP contribution in [0.1, 0.15) is 0 Å². The molecule has 2 aromatic rings. The van der Waals surface area contributed by atoms with Crippen molar-refractivity contribution in [1.82, 2.24) is 15.0 Å². The Bertz CT molecular complexity index is 637. The minimum Gasteiger partial charge on any atom is -0.424 e. The molecule has 1 aromatic carbocycles. The molecule has 3 rings (SSSR count). The lowest BCUT2D eigenvalue weighted by Crippen LogP contribution is -2.37. The van der Waals surface area contributed by atoms with Crippen molar-refractivity contribution in [3.05, 3.63) is 33.1 Å². The number of halogens is 2. The van der Waals surface area contributed by atoms with Crippen molar-refractivity contribution in [2.75, 3.05) is 31.2 Å². The van der Waals surface area contributed by atoms with Crippen LogP contribution in [0.3, 0.4) is 0 Å². The molecule has 1 aromatic heterocycles. The number of ether oxygens (including phenoxy) is 2. The van der Waals surface area contributed by atoms with E-state index in [0.717, 1.165) is 16.7 Å². The van der Waals surface area contributed by atoms with Gasteiger partial charge in [0.15, 0.2) is 0 Å². The second-order valence-electron chi connectivity index (χ2n) is 4.35. The molecule has 1 saturated heterocycles. The Kier molecular flexibility index (Phi) is 4.71. The average molecular weight is 419 g/mol. The average Bonchev–Trinajstić information content (AvgIpc) is 2.47. The van der Waals surface area contributed by atoms with Gasteiger partial charge in [-0.15, -0.1) is 0 Å². The molecule has 0 saturated carbocycles. The Balaban J connectivity index is 1.83. The smallest absolute Gasteiger partial charge is 0.328 e. The first-order chi connectivity index (χ1) is 10.2. The van der Waals surface area contributed by atoms with Crippen LogP contribution in [0.5, 0.6) is 11.8 Å². The topological polar surface area (TPSA) is 60.4 Å². The summed E-state index contributed by atoms with van der Waals surface area (Å²) < 4.78 is 12.0. The fourth-order valence-electron chi connectivity index (χ4n) is 1.91. The second kappa shape index (κ2) is 6.71. The van der Waals surface area contributed by atoms with Gasteiger partial charge in [0.25, 0.3) is 0 Å². The van der Waals surface area contributed by atoms with Gasteiger partial charge >= 0.3 is 6.01 Å². The lowest BCUT2D eigenvalue weighted by atomic mass is 10.3. The largest absolute Gasteiger partial charge is 0.424 e. The highest BCUT2D eigenvalue weighted by molar-refractivity contribution is 14.1. The van der Waals surface area contributed by atoms with Gasteiger partial charge in [-0.3, -0.25) is 0 Å². The molecule has 0 amide bonds. The zero-order valence-corrected chi connectivity index (χ0v) is 13.9. The lowest BCUT2D eigenvalue weighted by Gasteiger charge is -2.26. The van der Waals surface area contributed by atoms with Gasteiger partial charge in [-0.25, -0.2) is 0 Å². The highest BCUT2D eigenvalue weighted by Gasteiger charge is 2.16. The molecule has 1 fully saturated rings. The molecule has 0 bridgehead atoms. The van der Waals surface area contributed by atoms with Gasteiger partial charge < -0.3 is 14.4 Å². The normalized spacial score (nSPS) is 15.0. The molecule has 8 heteroatoms. The summed E-state index contributed by atoms with van der Waals surface area (Å²) in [6, 6.07) is 7.81. The molecule has 2 heterocycles. The van der Waals surface area contributed by atoms with E-state index in [9.17, 15) is 0 Å². The molecular weight excluding hydrogens is 407 g/mol. The van der Waals surface area contributed by atoms with Gasteiger partial charge in [-0.05, 0) is 52.4 Å². The lowest BCUT2D eigenvalue weighted by molar-refractivity contribution is 0.122. The summed E-state index contributed by atoms with van der Waals surface area (Å²) in [7, 11) is 0. The summed E-state index contributed by atoms with van der Waals surface area (Å²) in [5, 5.41) is 0.118. The highest BCUT2D eigenvalue weighted by Crippen LogP contribution is 2.23.